The van der Waals surface area contributed by atoms with Crippen molar-refractivity contribution in [1.82, 2.24) is 5.32 Å². The van der Waals surface area contributed by atoms with Gasteiger partial charge in [-0.05, 0) is 67.1 Å². The van der Waals surface area contributed by atoms with Gasteiger partial charge in [-0.3, -0.25) is 0 Å². The third-order valence-electron chi connectivity index (χ3n) is 5.42. The molecule has 1 nitrogen and oxygen atoms in total. The first kappa shape index (κ1) is 21.5. The van der Waals surface area contributed by atoms with Crippen LogP contribution in [0.15, 0.2) is 49.2 Å². The van der Waals surface area contributed by atoms with Crippen molar-refractivity contribution in [2.75, 3.05) is 0 Å². The highest BCUT2D eigenvalue weighted by atomic mass is 19.3. The standard InChI is InChI=1S/C23H32BF2N/c1-5-18(4)27-22-14-19-10-7-11-20(21(19)15-24-22)17(3)9-6-8-16(2)12-13-23(25)26/h7,10-11,22-24,27H,2-6,8-9,12-15H2,1H3. The Morgan fingerprint density at radius 1 is 1.22 bits per heavy atom. The molecule has 4 heteroatoms. The van der Waals surface area contributed by atoms with Gasteiger partial charge in [-0.25, -0.2) is 8.78 Å². The van der Waals surface area contributed by atoms with Crippen molar-refractivity contribution in [2.45, 2.75) is 70.6 Å². The van der Waals surface area contributed by atoms with Gasteiger partial charge in [0.15, 0.2) is 7.28 Å². The SMILES string of the molecule is C=C(CCCC(=C)c1cccc2c1CBC(NC(=C)CC)C2)CCC(F)F. The van der Waals surface area contributed by atoms with Crippen molar-refractivity contribution in [3.05, 3.63) is 65.9 Å². The van der Waals surface area contributed by atoms with Gasteiger partial charge in [-0.2, -0.15) is 0 Å². The van der Waals surface area contributed by atoms with Crippen molar-refractivity contribution < 1.29 is 8.78 Å². The highest BCUT2D eigenvalue weighted by Crippen LogP contribution is 2.29. The number of allylic oxidation sites excluding steroid dienone is 3. The lowest BCUT2D eigenvalue weighted by molar-refractivity contribution is 0.138. The van der Waals surface area contributed by atoms with Gasteiger partial charge in [-0.15, -0.1) is 0 Å². The van der Waals surface area contributed by atoms with Gasteiger partial charge >= 0.3 is 0 Å². The summed E-state index contributed by atoms with van der Waals surface area (Å²) in [6.45, 7) is 14.4. The van der Waals surface area contributed by atoms with Crippen LogP contribution in [0.3, 0.4) is 0 Å². The molecule has 0 radical (unpaired) electrons. The molecule has 1 aliphatic rings. The molecule has 1 unspecified atom stereocenters. The molecule has 1 aromatic carbocycles. The van der Waals surface area contributed by atoms with E-state index in [0.29, 0.717) is 12.4 Å². The van der Waals surface area contributed by atoms with Crippen molar-refractivity contribution in [3.8, 4) is 0 Å². The third-order valence-corrected chi connectivity index (χ3v) is 5.42. The summed E-state index contributed by atoms with van der Waals surface area (Å²) in [6.07, 6.45) is 3.76. The number of fused-ring (bicyclic) bond motifs is 1. The Hall–Kier alpha value is -1.84. The molecule has 0 saturated carbocycles. The highest BCUT2D eigenvalue weighted by molar-refractivity contribution is 6.38. The maximum absolute atomic E-state index is 12.3. The number of alkyl halides is 2. The molecule has 0 aliphatic carbocycles. The zero-order valence-electron chi connectivity index (χ0n) is 16.6. The molecule has 0 saturated heterocycles. The van der Waals surface area contributed by atoms with Gasteiger partial charge in [0, 0.05) is 18.1 Å². The molecule has 1 aromatic rings. The summed E-state index contributed by atoms with van der Waals surface area (Å²) in [5.74, 6) is 0.464. The average Bonchev–Trinajstić information content (AvgIpc) is 2.65. The van der Waals surface area contributed by atoms with Gasteiger partial charge in [-0.1, -0.05) is 50.4 Å². The fourth-order valence-corrected chi connectivity index (χ4v) is 3.78. The van der Waals surface area contributed by atoms with Gasteiger partial charge in [0.25, 0.3) is 0 Å². The van der Waals surface area contributed by atoms with Crippen molar-refractivity contribution in [3.63, 3.8) is 0 Å². The summed E-state index contributed by atoms with van der Waals surface area (Å²) in [6, 6.07) is 6.52. The van der Waals surface area contributed by atoms with Crippen LogP contribution in [0, 0.1) is 0 Å². The second kappa shape index (κ2) is 10.5. The van der Waals surface area contributed by atoms with E-state index in [4.69, 9.17) is 0 Å². The van der Waals surface area contributed by atoms with Crippen LogP contribution in [0.2, 0.25) is 0 Å². The monoisotopic (exact) mass is 371 g/mol. The largest absolute Gasteiger partial charge is 0.393 e. The minimum Gasteiger partial charge on any atom is -0.393 e. The third kappa shape index (κ3) is 6.68. The predicted molar refractivity (Wildman–Crippen MR) is 115 cm³/mol. The fourth-order valence-electron chi connectivity index (χ4n) is 3.78. The maximum Gasteiger partial charge on any atom is 0.238 e. The Morgan fingerprint density at radius 3 is 2.70 bits per heavy atom. The molecule has 0 spiro atoms. The molecule has 1 N–H and O–H groups in total. The zero-order valence-corrected chi connectivity index (χ0v) is 16.6. The average molecular weight is 371 g/mol. The number of hydrogen-bond acceptors (Lipinski definition) is 1. The second-order valence-electron chi connectivity index (χ2n) is 7.62. The van der Waals surface area contributed by atoms with Crippen LogP contribution >= 0.6 is 0 Å². The predicted octanol–water partition coefficient (Wildman–Crippen LogP) is 5.80. The van der Waals surface area contributed by atoms with Crippen LogP contribution in [-0.4, -0.2) is 19.6 Å². The molecule has 0 aromatic heterocycles. The van der Waals surface area contributed by atoms with E-state index >= 15 is 0 Å². The topological polar surface area (TPSA) is 12.0 Å². The summed E-state index contributed by atoms with van der Waals surface area (Å²) in [7, 11) is 1.11. The van der Waals surface area contributed by atoms with Crippen molar-refractivity contribution in [2.24, 2.45) is 0 Å². The molecule has 2 rings (SSSR count). The lowest BCUT2D eigenvalue weighted by Gasteiger charge is -2.28. The Balaban J connectivity index is 1.90. The van der Waals surface area contributed by atoms with E-state index in [-0.39, 0.29) is 6.42 Å². The maximum atomic E-state index is 12.3. The molecule has 1 atom stereocenters. The molecule has 27 heavy (non-hydrogen) atoms. The van der Waals surface area contributed by atoms with E-state index in [0.717, 1.165) is 62.5 Å². The van der Waals surface area contributed by atoms with Gasteiger partial charge in [0.05, 0.1) is 0 Å². The number of halogens is 2. The Labute approximate surface area is 163 Å². The smallest absolute Gasteiger partial charge is 0.238 e. The van der Waals surface area contributed by atoms with E-state index in [1.54, 1.807) is 0 Å². The van der Waals surface area contributed by atoms with Gasteiger partial charge < -0.3 is 5.32 Å². The lowest BCUT2D eigenvalue weighted by atomic mass is 9.57. The van der Waals surface area contributed by atoms with E-state index < -0.39 is 6.43 Å². The lowest BCUT2D eigenvalue weighted by Crippen LogP contribution is -2.40. The number of rotatable bonds is 11. The van der Waals surface area contributed by atoms with E-state index in [1.807, 2.05) is 0 Å². The minimum atomic E-state index is -2.24. The first-order valence-corrected chi connectivity index (χ1v) is 10.1. The summed E-state index contributed by atoms with van der Waals surface area (Å²) < 4.78 is 24.6. The normalized spacial score (nSPS) is 15.8. The first-order chi connectivity index (χ1) is 12.9. The zero-order chi connectivity index (χ0) is 19.8. The molecule has 0 amide bonds. The van der Waals surface area contributed by atoms with Crippen LogP contribution in [0.5, 0.6) is 0 Å². The Kier molecular flexibility index (Phi) is 8.34. The first-order valence-electron chi connectivity index (χ1n) is 10.1. The minimum absolute atomic E-state index is 0.0777. The van der Waals surface area contributed by atoms with Crippen molar-refractivity contribution >= 4 is 12.9 Å². The van der Waals surface area contributed by atoms with Crippen LogP contribution in [0.4, 0.5) is 8.78 Å². The van der Waals surface area contributed by atoms with E-state index in [9.17, 15) is 8.78 Å². The summed E-state index contributed by atoms with van der Waals surface area (Å²) in [5, 5.41) is 3.54. The fraction of sp³-hybridized carbons (Fsp3) is 0.478. The number of hydrogen-bond donors (Lipinski definition) is 1. The van der Waals surface area contributed by atoms with Crippen LogP contribution in [0.25, 0.3) is 5.57 Å². The summed E-state index contributed by atoms with van der Waals surface area (Å²) in [5.41, 5.74) is 7.29. The van der Waals surface area contributed by atoms with Crippen LogP contribution < -0.4 is 5.32 Å². The summed E-state index contributed by atoms with van der Waals surface area (Å²) in [4.78, 5) is 0. The Bertz CT molecular complexity index is 681. The molecule has 146 valence electrons. The molecule has 1 heterocycles. The van der Waals surface area contributed by atoms with E-state index in [2.05, 4.69) is 50.2 Å². The molecular weight excluding hydrogens is 339 g/mol. The van der Waals surface area contributed by atoms with Gasteiger partial charge in [0.2, 0.25) is 6.43 Å². The van der Waals surface area contributed by atoms with Crippen LogP contribution in [-0.2, 0) is 12.7 Å². The molecular formula is C23H32BF2N. The molecule has 0 bridgehead atoms. The van der Waals surface area contributed by atoms with E-state index in [1.165, 1.54) is 16.7 Å². The molecule has 1 aliphatic heterocycles. The highest BCUT2D eigenvalue weighted by Gasteiger charge is 2.22. The van der Waals surface area contributed by atoms with Crippen LogP contribution in [0.1, 0.15) is 62.1 Å². The van der Waals surface area contributed by atoms with Gasteiger partial charge in [0.1, 0.15) is 0 Å². The second-order valence-corrected chi connectivity index (χ2v) is 7.62. The summed E-state index contributed by atoms with van der Waals surface area (Å²) >= 11 is 0. The van der Waals surface area contributed by atoms with Crippen molar-refractivity contribution in [1.29, 1.82) is 0 Å². The Morgan fingerprint density at radius 2 is 2.00 bits per heavy atom. The number of benzene rings is 1. The quantitative estimate of drug-likeness (QED) is 0.383. The number of nitrogens with one attached hydrogen (secondary N) is 1. The molecule has 0 fully saturated rings.